The Kier molecular flexibility index (Phi) is 4.33. The Hall–Kier alpha value is -2.43. The SMILES string of the molecule is C[C@@H]1C[C@H](C)CN(c2c3c(nc4cc(-c5cccc(F)c5)nn24)CCCC3)C1. The van der Waals surface area contributed by atoms with Gasteiger partial charge < -0.3 is 4.90 Å². The van der Waals surface area contributed by atoms with Gasteiger partial charge in [-0.05, 0) is 56.1 Å². The van der Waals surface area contributed by atoms with Crippen molar-refractivity contribution in [1.82, 2.24) is 14.6 Å². The molecule has 2 atom stereocenters. The Labute approximate surface area is 165 Å². The fraction of sp³-hybridized carbons (Fsp3) is 0.478. The second-order valence-electron chi connectivity index (χ2n) is 8.73. The van der Waals surface area contributed by atoms with Crippen LogP contribution in [0.25, 0.3) is 16.9 Å². The zero-order valence-electron chi connectivity index (χ0n) is 16.7. The molecule has 1 aliphatic heterocycles. The molecule has 0 bridgehead atoms. The minimum atomic E-state index is -0.235. The average molecular weight is 378 g/mol. The zero-order valence-corrected chi connectivity index (χ0v) is 16.7. The number of nitrogens with zero attached hydrogens (tertiary/aromatic N) is 4. The van der Waals surface area contributed by atoms with Crippen LogP contribution in [0.1, 0.15) is 44.4 Å². The summed E-state index contributed by atoms with van der Waals surface area (Å²) in [7, 11) is 0. The Morgan fingerprint density at radius 1 is 1.04 bits per heavy atom. The van der Waals surface area contributed by atoms with E-state index in [0.717, 1.165) is 42.8 Å². The number of anilines is 1. The Balaban J connectivity index is 1.70. The molecule has 5 heteroatoms. The standard InChI is InChI=1S/C23H27FN4/c1-15-10-16(2)14-27(13-15)23-19-8-3-4-9-20(19)25-22-12-21(26-28(22)23)17-6-5-7-18(24)11-17/h5-7,11-12,15-16H,3-4,8-10,13-14H2,1-2H3/t15-,16+. The molecule has 1 aliphatic carbocycles. The van der Waals surface area contributed by atoms with Gasteiger partial charge in [-0.2, -0.15) is 9.61 Å². The van der Waals surface area contributed by atoms with Gasteiger partial charge in [-0.3, -0.25) is 0 Å². The molecular formula is C23H27FN4. The Morgan fingerprint density at radius 2 is 1.82 bits per heavy atom. The van der Waals surface area contributed by atoms with Gasteiger partial charge in [0.15, 0.2) is 5.65 Å². The highest BCUT2D eigenvalue weighted by molar-refractivity contribution is 5.67. The van der Waals surface area contributed by atoms with Gasteiger partial charge in [0.1, 0.15) is 11.6 Å². The number of aromatic nitrogens is 3. The van der Waals surface area contributed by atoms with Gasteiger partial charge in [0.05, 0.1) is 5.69 Å². The van der Waals surface area contributed by atoms with E-state index >= 15 is 0 Å². The minimum Gasteiger partial charge on any atom is -0.356 e. The van der Waals surface area contributed by atoms with E-state index < -0.39 is 0 Å². The lowest BCUT2D eigenvalue weighted by Gasteiger charge is -2.38. The number of hydrogen-bond donors (Lipinski definition) is 0. The predicted molar refractivity (Wildman–Crippen MR) is 110 cm³/mol. The quantitative estimate of drug-likeness (QED) is 0.636. The summed E-state index contributed by atoms with van der Waals surface area (Å²) in [6.45, 7) is 6.81. The number of piperidine rings is 1. The van der Waals surface area contributed by atoms with Gasteiger partial charge in [-0.1, -0.05) is 26.0 Å². The molecule has 2 aliphatic rings. The van der Waals surface area contributed by atoms with Crippen molar-refractivity contribution in [1.29, 1.82) is 0 Å². The maximum absolute atomic E-state index is 13.8. The van der Waals surface area contributed by atoms with Crippen LogP contribution >= 0.6 is 0 Å². The van der Waals surface area contributed by atoms with Crippen LogP contribution in [0.15, 0.2) is 30.3 Å². The predicted octanol–water partition coefficient (Wildman–Crippen LogP) is 4.90. The van der Waals surface area contributed by atoms with Crippen LogP contribution in [0.2, 0.25) is 0 Å². The number of benzene rings is 1. The van der Waals surface area contributed by atoms with E-state index in [0.29, 0.717) is 11.8 Å². The number of fused-ring (bicyclic) bond motifs is 2. The highest BCUT2D eigenvalue weighted by Crippen LogP contribution is 2.35. The lowest BCUT2D eigenvalue weighted by Crippen LogP contribution is -2.40. The first-order valence-corrected chi connectivity index (χ1v) is 10.5. The molecule has 5 rings (SSSR count). The van der Waals surface area contributed by atoms with Crippen molar-refractivity contribution in [3.8, 4) is 11.3 Å². The fourth-order valence-electron chi connectivity index (χ4n) is 5.08. The summed E-state index contributed by atoms with van der Waals surface area (Å²) < 4.78 is 15.8. The first-order valence-electron chi connectivity index (χ1n) is 10.5. The zero-order chi connectivity index (χ0) is 19.3. The number of rotatable bonds is 2. The van der Waals surface area contributed by atoms with Crippen LogP contribution in [-0.4, -0.2) is 27.7 Å². The van der Waals surface area contributed by atoms with Crippen molar-refractivity contribution in [2.45, 2.75) is 46.0 Å². The molecule has 1 fully saturated rings. The van der Waals surface area contributed by atoms with E-state index in [1.807, 2.05) is 16.6 Å². The molecule has 3 aromatic rings. The number of halogens is 1. The minimum absolute atomic E-state index is 0.235. The van der Waals surface area contributed by atoms with Crippen LogP contribution in [0.4, 0.5) is 10.2 Å². The highest BCUT2D eigenvalue weighted by Gasteiger charge is 2.29. The van der Waals surface area contributed by atoms with Crippen molar-refractivity contribution in [2.24, 2.45) is 11.8 Å². The van der Waals surface area contributed by atoms with Gasteiger partial charge >= 0.3 is 0 Å². The van der Waals surface area contributed by atoms with Crippen molar-refractivity contribution in [3.05, 3.63) is 47.4 Å². The molecular weight excluding hydrogens is 351 g/mol. The normalized spacial score (nSPS) is 22.5. The van der Waals surface area contributed by atoms with Crippen molar-refractivity contribution >= 4 is 11.5 Å². The molecule has 3 heterocycles. The molecule has 0 radical (unpaired) electrons. The monoisotopic (exact) mass is 378 g/mol. The van der Waals surface area contributed by atoms with Gasteiger partial charge in [-0.15, -0.1) is 0 Å². The molecule has 2 aromatic heterocycles. The van der Waals surface area contributed by atoms with Crippen molar-refractivity contribution in [3.63, 3.8) is 0 Å². The van der Waals surface area contributed by atoms with Crippen LogP contribution in [-0.2, 0) is 12.8 Å². The van der Waals surface area contributed by atoms with Gasteiger partial charge in [0.2, 0.25) is 0 Å². The van der Waals surface area contributed by atoms with Crippen LogP contribution < -0.4 is 4.90 Å². The van der Waals surface area contributed by atoms with Gasteiger partial charge in [0.25, 0.3) is 0 Å². The second kappa shape index (κ2) is 6.87. The summed E-state index contributed by atoms with van der Waals surface area (Å²) in [4.78, 5) is 7.49. The van der Waals surface area contributed by atoms with E-state index in [1.54, 1.807) is 12.1 Å². The third kappa shape index (κ3) is 3.07. The third-order valence-electron chi connectivity index (χ3n) is 6.14. The van der Waals surface area contributed by atoms with Crippen molar-refractivity contribution < 1.29 is 4.39 Å². The smallest absolute Gasteiger partial charge is 0.158 e. The van der Waals surface area contributed by atoms with E-state index in [2.05, 4.69) is 18.7 Å². The number of aryl methyl sites for hydroxylation is 1. The van der Waals surface area contributed by atoms with Crippen molar-refractivity contribution in [2.75, 3.05) is 18.0 Å². The summed E-state index contributed by atoms with van der Waals surface area (Å²) in [6, 6.07) is 8.67. The molecule has 28 heavy (non-hydrogen) atoms. The summed E-state index contributed by atoms with van der Waals surface area (Å²) in [6.07, 6.45) is 5.80. The van der Waals surface area contributed by atoms with Crippen LogP contribution in [0.5, 0.6) is 0 Å². The molecule has 1 aromatic carbocycles. The molecule has 0 unspecified atom stereocenters. The van der Waals surface area contributed by atoms with Crippen LogP contribution in [0.3, 0.4) is 0 Å². The summed E-state index contributed by atoms with van der Waals surface area (Å²) >= 11 is 0. The largest absolute Gasteiger partial charge is 0.356 e. The Bertz CT molecular complexity index is 1010. The Morgan fingerprint density at radius 3 is 2.61 bits per heavy atom. The lowest BCUT2D eigenvalue weighted by atomic mass is 9.90. The van der Waals surface area contributed by atoms with E-state index in [9.17, 15) is 4.39 Å². The third-order valence-corrected chi connectivity index (χ3v) is 6.14. The topological polar surface area (TPSA) is 33.4 Å². The van der Waals surface area contributed by atoms with E-state index in [1.165, 1.54) is 42.4 Å². The van der Waals surface area contributed by atoms with E-state index in [-0.39, 0.29) is 5.82 Å². The molecule has 0 spiro atoms. The van der Waals surface area contributed by atoms with Crippen LogP contribution in [0, 0.1) is 17.7 Å². The maximum Gasteiger partial charge on any atom is 0.158 e. The molecule has 0 saturated carbocycles. The molecule has 4 nitrogen and oxygen atoms in total. The molecule has 1 saturated heterocycles. The first kappa shape index (κ1) is 17.7. The van der Waals surface area contributed by atoms with E-state index in [4.69, 9.17) is 10.1 Å². The molecule has 146 valence electrons. The van der Waals surface area contributed by atoms with Gasteiger partial charge in [0, 0.05) is 36.0 Å². The highest BCUT2D eigenvalue weighted by atomic mass is 19.1. The molecule has 0 amide bonds. The fourth-order valence-corrected chi connectivity index (χ4v) is 5.08. The summed E-state index contributed by atoms with van der Waals surface area (Å²) in [5, 5.41) is 4.90. The molecule has 0 N–H and O–H groups in total. The lowest BCUT2D eigenvalue weighted by molar-refractivity contribution is 0.353. The maximum atomic E-state index is 13.8. The van der Waals surface area contributed by atoms with Gasteiger partial charge in [-0.25, -0.2) is 9.37 Å². The summed E-state index contributed by atoms with van der Waals surface area (Å²) in [5.41, 5.74) is 5.06. The first-order chi connectivity index (χ1) is 13.6. The summed E-state index contributed by atoms with van der Waals surface area (Å²) in [5.74, 6) is 2.33. The average Bonchev–Trinajstić information content (AvgIpc) is 3.08. The number of hydrogen-bond acceptors (Lipinski definition) is 3. The second-order valence-corrected chi connectivity index (χ2v) is 8.73.